The molecule has 2 aliphatic heterocycles. The summed E-state index contributed by atoms with van der Waals surface area (Å²) in [5.74, 6) is 1.12. The van der Waals surface area contributed by atoms with Crippen LogP contribution in [0, 0.1) is 0 Å². The fourth-order valence-electron chi connectivity index (χ4n) is 3.42. The van der Waals surface area contributed by atoms with Crippen molar-refractivity contribution in [2.75, 3.05) is 44.8 Å². The van der Waals surface area contributed by atoms with E-state index in [1.54, 1.807) is 18.2 Å². The van der Waals surface area contributed by atoms with Crippen LogP contribution in [0.15, 0.2) is 48.5 Å². The molecule has 2 aromatic rings. The number of piperazine rings is 1. The minimum absolute atomic E-state index is 0.00155. The van der Waals surface area contributed by atoms with E-state index in [0.717, 1.165) is 5.56 Å². The van der Waals surface area contributed by atoms with Crippen molar-refractivity contribution in [3.8, 4) is 11.5 Å². The first kappa shape index (κ1) is 19.7. The fourth-order valence-corrected chi connectivity index (χ4v) is 4.94. The number of amides is 1. The highest BCUT2D eigenvalue weighted by atomic mass is 32.2. The van der Waals surface area contributed by atoms with E-state index < -0.39 is 10.0 Å². The van der Waals surface area contributed by atoms with Gasteiger partial charge in [0.1, 0.15) is 0 Å². The monoisotopic (exact) mass is 417 g/mol. The van der Waals surface area contributed by atoms with Gasteiger partial charge in [-0.15, -0.1) is 0 Å². The summed E-state index contributed by atoms with van der Waals surface area (Å²) in [6.07, 6.45) is 0. The molecule has 0 aromatic heterocycles. The molecule has 1 fully saturated rings. The molecule has 1 saturated heterocycles. The number of rotatable bonds is 6. The predicted octanol–water partition coefficient (Wildman–Crippen LogP) is 1.50. The smallest absolute Gasteiger partial charge is 0.238 e. The van der Waals surface area contributed by atoms with Crippen LogP contribution < -0.4 is 14.8 Å². The quantitative estimate of drug-likeness (QED) is 0.767. The number of hydrogen-bond acceptors (Lipinski definition) is 6. The Bertz CT molecular complexity index is 973. The number of anilines is 1. The highest BCUT2D eigenvalue weighted by Gasteiger charge is 2.27. The Morgan fingerprint density at radius 3 is 2.45 bits per heavy atom. The molecule has 0 bridgehead atoms. The second-order valence-electron chi connectivity index (χ2n) is 7.03. The Hall–Kier alpha value is -2.62. The van der Waals surface area contributed by atoms with E-state index in [4.69, 9.17) is 9.47 Å². The van der Waals surface area contributed by atoms with Crippen molar-refractivity contribution in [2.45, 2.75) is 5.75 Å². The fraction of sp³-hybridized carbons (Fsp3) is 0.350. The van der Waals surface area contributed by atoms with E-state index >= 15 is 0 Å². The molecule has 4 rings (SSSR count). The lowest BCUT2D eigenvalue weighted by atomic mass is 10.2. The third-order valence-corrected chi connectivity index (χ3v) is 6.79. The van der Waals surface area contributed by atoms with Gasteiger partial charge in [0.25, 0.3) is 0 Å². The third-order valence-electron chi connectivity index (χ3n) is 4.94. The van der Waals surface area contributed by atoms with Gasteiger partial charge in [-0.05, 0) is 17.7 Å². The SMILES string of the molecule is O=C(CN1CCN(S(=O)(=O)Cc2ccccc2)CC1)Nc1ccc2c(c1)OCO2. The van der Waals surface area contributed by atoms with Gasteiger partial charge in [-0.1, -0.05) is 30.3 Å². The normalized spacial score (nSPS) is 17.2. The van der Waals surface area contributed by atoms with Gasteiger partial charge < -0.3 is 14.8 Å². The van der Waals surface area contributed by atoms with Gasteiger partial charge in [0.2, 0.25) is 22.7 Å². The minimum Gasteiger partial charge on any atom is -0.454 e. The molecular formula is C20H23N3O5S. The largest absolute Gasteiger partial charge is 0.454 e. The van der Waals surface area contributed by atoms with Crippen molar-refractivity contribution >= 4 is 21.6 Å². The van der Waals surface area contributed by atoms with E-state index in [1.165, 1.54) is 4.31 Å². The van der Waals surface area contributed by atoms with Crippen molar-refractivity contribution < 1.29 is 22.7 Å². The van der Waals surface area contributed by atoms with Gasteiger partial charge in [0.05, 0.1) is 12.3 Å². The van der Waals surface area contributed by atoms with E-state index in [-0.39, 0.29) is 25.0 Å². The average molecular weight is 417 g/mol. The van der Waals surface area contributed by atoms with Gasteiger partial charge in [-0.3, -0.25) is 9.69 Å². The topological polar surface area (TPSA) is 88.2 Å². The molecule has 1 amide bonds. The number of hydrogen-bond donors (Lipinski definition) is 1. The molecule has 0 atom stereocenters. The van der Waals surface area contributed by atoms with Crippen LogP contribution in [0.4, 0.5) is 5.69 Å². The van der Waals surface area contributed by atoms with Crippen molar-refractivity contribution in [1.82, 2.24) is 9.21 Å². The molecule has 29 heavy (non-hydrogen) atoms. The molecule has 1 N–H and O–H groups in total. The number of nitrogens with zero attached hydrogens (tertiary/aromatic N) is 2. The lowest BCUT2D eigenvalue weighted by Crippen LogP contribution is -2.50. The van der Waals surface area contributed by atoms with Gasteiger partial charge in [-0.25, -0.2) is 8.42 Å². The first-order valence-corrected chi connectivity index (χ1v) is 11.0. The molecule has 154 valence electrons. The van der Waals surface area contributed by atoms with Crippen LogP contribution >= 0.6 is 0 Å². The molecule has 2 aliphatic rings. The van der Waals surface area contributed by atoms with Crippen molar-refractivity contribution in [1.29, 1.82) is 0 Å². The second kappa shape index (κ2) is 8.40. The van der Waals surface area contributed by atoms with Crippen LogP contribution in [0.5, 0.6) is 11.5 Å². The standard InChI is InChI=1S/C20H23N3O5S/c24-20(21-17-6-7-18-19(12-17)28-15-27-18)13-22-8-10-23(11-9-22)29(25,26)14-16-4-2-1-3-5-16/h1-7,12H,8-11,13-15H2,(H,21,24). The molecule has 0 spiro atoms. The van der Waals surface area contributed by atoms with Crippen molar-refractivity contribution in [3.63, 3.8) is 0 Å². The van der Waals surface area contributed by atoms with Crippen LogP contribution in [-0.4, -0.2) is 63.0 Å². The molecule has 0 unspecified atom stereocenters. The number of fused-ring (bicyclic) bond motifs is 1. The maximum Gasteiger partial charge on any atom is 0.238 e. The zero-order valence-corrected chi connectivity index (χ0v) is 16.7. The van der Waals surface area contributed by atoms with Crippen LogP contribution in [0.1, 0.15) is 5.56 Å². The second-order valence-corrected chi connectivity index (χ2v) is 9.00. The van der Waals surface area contributed by atoms with E-state index in [0.29, 0.717) is 43.4 Å². The Morgan fingerprint density at radius 2 is 1.69 bits per heavy atom. The first-order chi connectivity index (χ1) is 14.0. The molecule has 0 radical (unpaired) electrons. The molecule has 0 aliphatic carbocycles. The number of carbonyl (C=O) groups excluding carboxylic acids is 1. The molecule has 8 nitrogen and oxygen atoms in total. The zero-order chi connectivity index (χ0) is 20.3. The van der Waals surface area contributed by atoms with Gasteiger partial charge in [0.15, 0.2) is 11.5 Å². The van der Waals surface area contributed by atoms with Gasteiger partial charge in [-0.2, -0.15) is 4.31 Å². The number of sulfonamides is 1. The highest BCUT2D eigenvalue weighted by molar-refractivity contribution is 7.88. The first-order valence-electron chi connectivity index (χ1n) is 9.43. The Kier molecular flexibility index (Phi) is 5.70. The summed E-state index contributed by atoms with van der Waals surface area (Å²) in [6.45, 7) is 2.19. The Labute approximate surface area is 170 Å². The third kappa shape index (κ3) is 4.87. The Balaban J connectivity index is 1.26. The summed E-state index contributed by atoms with van der Waals surface area (Å²) in [6, 6.07) is 14.4. The van der Waals surface area contributed by atoms with Crippen LogP contribution in [-0.2, 0) is 20.6 Å². The zero-order valence-electron chi connectivity index (χ0n) is 15.9. The highest BCUT2D eigenvalue weighted by Crippen LogP contribution is 2.34. The predicted molar refractivity (Wildman–Crippen MR) is 108 cm³/mol. The summed E-state index contributed by atoms with van der Waals surface area (Å²) in [5, 5.41) is 2.85. The van der Waals surface area contributed by atoms with Crippen molar-refractivity contribution in [2.24, 2.45) is 0 Å². The molecule has 2 heterocycles. The number of nitrogens with one attached hydrogen (secondary N) is 1. The lowest BCUT2D eigenvalue weighted by molar-refractivity contribution is -0.117. The van der Waals surface area contributed by atoms with Crippen molar-refractivity contribution in [3.05, 3.63) is 54.1 Å². The molecular weight excluding hydrogens is 394 g/mol. The average Bonchev–Trinajstić information content (AvgIpc) is 3.16. The van der Waals surface area contributed by atoms with E-state index in [9.17, 15) is 13.2 Å². The van der Waals surface area contributed by atoms with Gasteiger partial charge in [0, 0.05) is 37.9 Å². The summed E-state index contributed by atoms with van der Waals surface area (Å²) < 4.78 is 37.3. The minimum atomic E-state index is -3.36. The molecule has 2 aromatic carbocycles. The molecule has 9 heteroatoms. The number of ether oxygens (including phenoxy) is 2. The van der Waals surface area contributed by atoms with Crippen LogP contribution in [0.2, 0.25) is 0 Å². The number of benzene rings is 2. The number of carbonyl (C=O) groups is 1. The van der Waals surface area contributed by atoms with E-state index in [2.05, 4.69) is 5.32 Å². The molecule has 0 saturated carbocycles. The van der Waals surface area contributed by atoms with Crippen LogP contribution in [0.3, 0.4) is 0 Å². The summed E-state index contributed by atoms with van der Waals surface area (Å²) in [7, 11) is -3.36. The Morgan fingerprint density at radius 1 is 0.966 bits per heavy atom. The maximum absolute atomic E-state index is 12.6. The van der Waals surface area contributed by atoms with Crippen LogP contribution in [0.25, 0.3) is 0 Å². The summed E-state index contributed by atoms with van der Waals surface area (Å²) >= 11 is 0. The van der Waals surface area contributed by atoms with Gasteiger partial charge >= 0.3 is 0 Å². The van der Waals surface area contributed by atoms with E-state index in [1.807, 2.05) is 35.2 Å². The summed E-state index contributed by atoms with van der Waals surface area (Å²) in [5.41, 5.74) is 1.42. The lowest BCUT2D eigenvalue weighted by Gasteiger charge is -2.33. The maximum atomic E-state index is 12.6. The summed E-state index contributed by atoms with van der Waals surface area (Å²) in [4.78, 5) is 14.3.